The summed E-state index contributed by atoms with van der Waals surface area (Å²) in [5, 5.41) is 3.61. The van der Waals surface area contributed by atoms with Crippen molar-refractivity contribution >= 4 is 23.1 Å². The molecule has 0 saturated carbocycles. The first-order chi connectivity index (χ1) is 20.1. The van der Waals surface area contributed by atoms with Crippen molar-refractivity contribution in [3.8, 4) is 5.75 Å². The summed E-state index contributed by atoms with van der Waals surface area (Å²) in [6.45, 7) is 2.85. The first-order valence-electron chi connectivity index (χ1n) is 14.4. The molecule has 5 heteroatoms. The summed E-state index contributed by atoms with van der Waals surface area (Å²) in [6, 6.07) is 34.6. The molecule has 1 aliphatic heterocycles. The summed E-state index contributed by atoms with van der Waals surface area (Å²) in [5.74, 6) is 0.791. The highest BCUT2D eigenvalue weighted by Crippen LogP contribution is 2.47. The number of anilines is 2. The number of Topliss-reactive ketones (excluding diaryl/α,β-unsaturated/α-hetero) is 1. The van der Waals surface area contributed by atoms with Gasteiger partial charge in [0.15, 0.2) is 5.78 Å². The predicted octanol–water partition coefficient (Wildman–Crippen LogP) is 8.08. The van der Waals surface area contributed by atoms with Gasteiger partial charge in [-0.15, -0.1) is 0 Å². The quantitative estimate of drug-likeness (QED) is 0.240. The third-order valence-electron chi connectivity index (χ3n) is 7.96. The number of hydrogen-bond acceptors (Lipinski definition) is 4. The molecule has 2 aliphatic rings. The number of para-hydroxylation sites is 2. The maximum absolute atomic E-state index is 14.2. The smallest absolute Gasteiger partial charge is 0.259 e. The van der Waals surface area contributed by atoms with Crippen molar-refractivity contribution in [2.75, 3.05) is 16.8 Å². The normalized spacial score (nSPS) is 18.2. The van der Waals surface area contributed by atoms with E-state index in [1.807, 2.05) is 97.1 Å². The molecular weight excluding hydrogens is 508 g/mol. The Kier molecular flexibility index (Phi) is 7.68. The van der Waals surface area contributed by atoms with E-state index in [0.717, 1.165) is 46.8 Å². The Morgan fingerprint density at radius 1 is 0.829 bits per heavy atom. The number of fused-ring (bicyclic) bond motifs is 1. The van der Waals surface area contributed by atoms with Gasteiger partial charge in [-0.25, -0.2) is 0 Å². The molecule has 6 rings (SSSR count). The lowest BCUT2D eigenvalue weighted by atomic mass is 9.78. The minimum Gasteiger partial charge on any atom is -0.494 e. The maximum Gasteiger partial charge on any atom is 0.259 e. The molecule has 0 saturated heterocycles. The molecule has 5 nitrogen and oxygen atoms in total. The van der Waals surface area contributed by atoms with Crippen molar-refractivity contribution in [1.29, 1.82) is 0 Å². The molecule has 41 heavy (non-hydrogen) atoms. The second-order valence-corrected chi connectivity index (χ2v) is 10.7. The summed E-state index contributed by atoms with van der Waals surface area (Å²) in [5.41, 5.74) is 5.70. The van der Waals surface area contributed by atoms with Gasteiger partial charge in [0.2, 0.25) is 0 Å². The standard InChI is InChI=1S/C36H34N2O3/c1-2-3-22-41-29-20-18-25(19-21-29)28-23-31-34(33(39)24-28)35(26-12-6-4-7-13-26)38(32-17-11-10-16-30(32)37-31)36(40)27-14-8-5-9-15-27/h4-21,28,35,37H,2-3,22-24H2,1H3. The van der Waals surface area contributed by atoms with Gasteiger partial charge in [-0.05, 0) is 66.3 Å². The zero-order chi connectivity index (χ0) is 28.2. The van der Waals surface area contributed by atoms with Crippen molar-refractivity contribution in [3.63, 3.8) is 0 Å². The minimum absolute atomic E-state index is 0.0263. The number of hydrogen-bond donors (Lipinski definition) is 1. The molecule has 206 valence electrons. The average molecular weight is 543 g/mol. The number of nitrogens with zero attached hydrogens (tertiary/aromatic N) is 1. The number of carbonyl (C=O) groups excluding carboxylic acids is 2. The molecular formula is C36H34N2O3. The van der Waals surface area contributed by atoms with E-state index in [1.165, 1.54) is 0 Å². The lowest BCUT2D eigenvalue weighted by molar-refractivity contribution is -0.116. The van der Waals surface area contributed by atoms with Crippen LogP contribution in [0.15, 0.2) is 120 Å². The lowest BCUT2D eigenvalue weighted by Gasteiger charge is -2.35. The van der Waals surface area contributed by atoms with E-state index in [4.69, 9.17) is 4.74 Å². The molecule has 0 fully saturated rings. The summed E-state index contributed by atoms with van der Waals surface area (Å²) < 4.78 is 5.86. The number of ketones is 1. The van der Waals surface area contributed by atoms with E-state index in [2.05, 4.69) is 24.4 Å². The Balaban J connectivity index is 1.43. The molecule has 1 amide bonds. The molecule has 4 aromatic rings. The molecule has 4 aromatic carbocycles. The number of amides is 1. The molecule has 1 aliphatic carbocycles. The van der Waals surface area contributed by atoms with E-state index in [0.29, 0.717) is 30.6 Å². The Labute approximate surface area is 241 Å². The SMILES string of the molecule is CCCCOc1ccc(C2CC(=O)C3=C(C2)Nc2ccccc2N(C(=O)c2ccccc2)C3c2ccccc2)cc1. The van der Waals surface area contributed by atoms with Crippen LogP contribution in [-0.2, 0) is 4.79 Å². The molecule has 1 N–H and O–H groups in total. The van der Waals surface area contributed by atoms with Crippen molar-refractivity contribution in [1.82, 2.24) is 0 Å². The number of benzene rings is 4. The van der Waals surface area contributed by atoms with Crippen LogP contribution in [0.2, 0.25) is 0 Å². The van der Waals surface area contributed by atoms with E-state index in [1.54, 1.807) is 4.90 Å². The van der Waals surface area contributed by atoms with Crippen LogP contribution in [0.25, 0.3) is 0 Å². The Bertz CT molecular complexity index is 1560. The molecule has 0 bridgehead atoms. The third-order valence-corrected chi connectivity index (χ3v) is 7.96. The second-order valence-electron chi connectivity index (χ2n) is 10.7. The monoisotopic (exact) mass is 542 g/mol. The van der Waals surface area contributed by atoms with Crippen LogP contribution < -0.4 is 15.0 Å². The van der Waals surface area contributed by atoms with Gasteiger partial charge in [0.05, 0.1) is 24.0 Å². The summed E-state index contributed by atoms with van der Waals surface area (Å²) in [7, 11) is 0. The van der Waals surface area contributed by atoms with Crippen LogP contribution >= 0.6 is 0 Å². The molecule has 1 heterocycles. The van der Waals surface area contributed by atoms with Crippen LogP contribution in [0.5, 0.6) is 5.75 Å². The van der Waals surface area contributed by atoms with Gasteiger partial charge >= 0.3 is 0 Å². The van der Waals surface area contributed by atoms with E-state index in [9.17, 15) is 9.59 Å². The van der Waals surface area contributed by atoms with Crippen LogP contribution in [0.3, 0.4) is 0 Å². The zero-order valence-electron chi connectivity index (χ0n) is 23.3. The summed E-state index contributed by atoms with van der Waals surface area (Å²) in [4.78, 5) is 30.2. The lowest BCUT2D eigenvalue weighted by Crippen LogP contribution is -2.38. The van der Waals surface area contributed by atoms with E-state index in [-0.39, 0.29) is 17.6 Å². The highest BCUT2D eigenvalue weighted by molar-refractivity contribution is 6.12. The molecule has 2 atom stereocenters. The van der Waals surface area contributed by atoms with Crippen molar-refractivity contribution in [2.45, 2.75) is 44.6 Å². The largest absolute Gasteiger partial charge is 0.494 e. The first-order valence-corrected chi connectivity index (χ1v) is 14.4. The fourth-order valence-electron chi connectivity index (χ4n) is 5.89. The van der Waals surface area contributed by atoms with Gasteiger partial charge in [0.25, 0.3) is 5.91 Å². The van der Waals surface area contributed by atoms with Crippen LogP contribution in [0, 0.1) is 0 Å². The number of rotatable bonds is 7. The van der Waals surface area contributed by atoms with Gasteiger partial charge in [0, 0.05) is 23.3 Å². The number of carbonyl (C=O) groups is 2. The maximum atomic E-state index is 14.2. The van der Waals surface area contributed by atoms with Crippen LogP contribution in [0.4, 0.5) is 11.4 Å². The Morgan fingerprint density at radius 3 is 2.24 bits per heavy atom. The molecule has 0 aromatic heterocycles. The fourth-order valence-corrected chi connectivity index (χ4v) is 5.89. The summed E-state index contributed by atoms with van der Waals surface area (Å²) >= 11 is 0. The van der Waals surface area contributed by atoms with E-state index >= 15 is 0 Å². The second kappa shape index (κ2) is 11.8. The van der Waals surface area contributed by atoms with Crippen LogP contribution in [-0.4, -0.2) is 18.3 Å². The minimum atomic E-state index is -0.558. The predicted molar refractivity (Wildman–Crippen MR) is 163 cm³/mol. The van der Waals surface area contributed by atoms with Crippen molar-refractivity contribution in [3.05, 3.63) is 137 Å². The highest BCUT2D eigenvalue weighted by Gasteiger charge is 2.41. The van der Waals surface area contributed by atoms with Gasteiger partial charge in [-0.3, -0.25) is 14.5 Å². The number of nitrogens with one attached hydrogen (secondary N) is 1. The van der Waals surface area contributed by atoms with Crippen molar-refractivity contribution < 1.29 is 14.3 Å². The third kappa shape index (κ3) is 5.40. The Hall–Kier alpha value is -4.64. The summed E-state index contributed by atoms with van der Waals surface area (Å²) in [6.07, 6.45) is 3.16. The van der Waals surface area contributed by atoms with Crippen molar-refractivity contribution in [2.24, 2.45) is 0 Å². The first kappa shape index (κ1) is 26.6. The van der Waals surface area contributed by atoms with Gasteiger partial charge in [0.1, 0.15) is 5.75 Å². The fraction of sp³-hybridized carbons (Fsp3) is 0.222. The molecule has 0 radical (unpaired) electrons. The Morgan fingerprint density at radius 2 is 1.51 bits per heavy atom. The van der Waals surface area contributed by atoms with Gasteiger partial charge in [-0.1, -0.05) is 86.1 Å². The number of ether oxygens (including phenoxy) is 1. The molecule has 2 unspecified atom stereocenters. The van der Waals surface area contributed by atoms with Gasteiger partial charge < -0.3 is 10.1 Å². The van der Waals surface area contributed by atoms with Gasteiger partial charge in [-0.2, -0.15) is 0 Å². The number of unbranched alkanes of at least 4 members (excludes halogenated alkanes) is 1. The topological polar surface area (TPSA) is 58.6 Å². The average Bonchev–Trinajstić information content (AvgIpc) is 3.17. The highest BCUT2D eigenvalue weighted by atomic mass is 16.5. The van der Waals surface area contributed by atoms with Crippen LogP contribution in [0.1, 0.15) is 66.1 Å². The molecule has 0 spiro atoms. The van der Waals surface area contributed by atoms with E-state index < -0.39 is 6.04 Å². The number of allylic oxidation sites excluding steroid dienone is 1. The zero-order valence-corrected chi connectivity index (χ0v) is 23.3.